The summed E-state index contributed by atoms with van der Waals surface area (Å²) in [4.78, 5) is 22.5. The molecule has 4 rings (SSSR count). The Balaban J connectivity index is 1.71. The van der Waals surface area contributed by atoms with E-state index < -0.39 is 0 Å². The molecule has 188 valence electrons. The SMILES string of the molecule is CCOc1cc([C@H](C)N2CCc3c(cc(CCN(C)CC)cc3-c3c[nH]nc3C)C2=O)ncc1C#N. The summed E-state index contributed by atoms with van der Waals surface area (Å²) in [5.74, 6) is 0.503. The van der Waals surface area contributed by atoms with Gasteiger partial charge in [-0.15, -0.1) is 0 Å². The van der Waals surface area contributed by atoms with Crippen LogP contribution in [0.4, 0.5) is 0 Å². The third-order valence-corrected chi connectivity index (χ3v) is 7.05. The molecule has 0 aliphatic carbocycles. The highest BCUT2D eigenvalue weighted by Crippen LogP contribution is 2.36. The van der Waals surface area contributed by atoms with Gasteiger partial charge in [-0.3, -0.25) is 14.9 Å². The molecule has 3 heterocycles. The van der Waals surface area contributed by atoms with E-state index in [-0.39, 0.29) is 11.9 Å². The highest BCUT2D eigenvalue weighted by atomic mass is 16.5. The number of carbonyl (C=O) groups is 1. The molecule has 1 N–H and O–H groups in total. The van der Waals surface area contributed by atoms with Crippen molar-refractivity contribution in [2.45, 2.75) is 46.6 Å². The number of amides is 1. The first-order valence-corrected chi connectivity index (χ1v) is 12.6. The number of nitriles is 1. The molecule has 1 aromatic carbocycles. The van der Waals surface area contributed by atoms with Crippen molar-refractivity contribution in [3.05, 3.63) is 64.2 Å². The molecule has 0 saturated carbocycles. The van der Waals surface area contributed by atoms with E-state index in [2.05, 4.69) is 52.3 Å². The molecule has 0 fully saturated rings. The lowest BCUT2D eigenvalue weighted by Crippen LogP contribution is -2.40. The van der Waals surface area contributed by atoms with E-state index in [9.17, 15) is 10.1 Å². The van der Waals surface area contributed by atoms with Crippen molar-refractivity contribution in [3.63, 3.8) is 0 Å². The molecule has 0 bridgehead atoms. The van der Waals surface area contributed by atoms with Gasteiger partial charge in [0, 0.05) is 42.7 Å². The molecular weight excluding hydrogens is 452 g/mol. The molecule has 1 amide bonds. The fourth-order valence-corrected chi connectivity index (χ4v) is 4.74. The van der Waals surface area contributed by atoms with Gasteiger partial charge < -0.3 is 14.5 Å². The Morgan fingerprint density at radius 2 is 2.03 bits per heavy atom. The lowest BCUT2D eigenvalue weighted by atomic mass is 9.87. The van der Waals surface area contributed by atoms with Gasteiger partial charge in [-0.25, -0.2) is 0 Å². The van der Waals surface area contributed by atoms with Crippen LogP contribution in [-0.2, 0) is 12.8 Å². The van der Waals surface area contributed by atoms with Gasteiger partial charge in [0.2, 0.25) is 0 Å². The molecule has 0 saturated heterocycles. The van der Waals surface area contributed by atoms with Gasteiger partial charge in [-0.1, -0.05) is 13.0 Å². The van der Waals surface area contributed by atoms with E-state index in [1.54, 1.807) is 6.07 Å². The molecule has 3 aromatic rings. The van der Waals surface area contributed by atoms with Crippen molar-refractivity contribution in [2.24, 2.45) is 0 Å². The van der Waals surface area contributed by atoms with Gasteiger partial charge in [0.15, 0.2) is 0 Å². The van der Waals surface area contributed by atoms with Gasteiger partial charge in [0.1, 0.15) is 17.4 Å². The number of rotatable bonds is 9. The van der Waals surface area contributed by atoms with Crippen molar-refractivity contribution < 1.29 is 9.53 Å². The van der Waals surface area contributed by atoms with Crippen molar-refractivity contribution in [3.8, 4) is 22.9 Å². The van der Waals surface area contributed by atoms with Gasteiger partial charge in [-0.2, -0.15) is 10.4 Å². The van der Waals surface area contributed by atoms with Crippen LogP contribution in [-0.4, -0.2) is 64.2 Å². The number of hydrogen-bond acceptors (Lipinski definition) is 6. The Hall–Kier alpha value is -3.70. The summed E-state index contributed by atoms with van der Waals surface area (Å²) in [5.41, 5.74) is 7.12. The summed E-state index contributed by atoms with van der Waals surface area (Å²) >= 11 is 0. The molecule has 1 aliphatic rings. The number of pyridine rings is 1. The summed E-state index contributed by atoms with van der Waals surface area (Å²) in [5, 5.41) is 16.7. The Bertz CT molecular complexity index is 1290. The summed E-state index contributed by atoms with van der Waals surface area (Å²) in [6, 6.07) is 7.94. The molecule has 2 aromatic heterocycles. The number of fused-ring (bicyclic) bond motifs is 1. The number of nitrogens with zero attached hydrogens (tertiary/aromatic N) is 5. The zero-order valence-electron chi connectivity index (χ0n) is 21.8. The number of benzene rings is 1. The van der Waals surface area contributed by atoms with Gasteiger partial charge in [0.05, 0.1) is 24.0 Å². The van der Waals surface area contributed by atoms with Gasteiger partial charge in [-0.05, 0) is 70.0 Å². The third kappa shape index (κ3) is 4.98. The normalized spacial score (nSPS) is 14.0. The number of ether oxygens (including phenoxy) is 1. The van der Waals surface area contributed by atoms with E-state index in [1.807, 2.05) is 31.9 Å². The van der Waals surface area contributed by atoms with E-state index in [0.29, 0.717) is 30.2 Å². The van der Waals surface area contributed by atoms with E-state index in [4.69, 9.17) is 4.74 Å². The minimum Gasteiger partial charge on any atom is -0.492 e. The number of aryl methyl sites for hydroxylation is 1. The Labute approximate surface area is 212 Å². The van der Waals surface area contributed by atoms with Crippen molar-refractivity contribution >= 4 is 5.91 Å². The fraction of sp³-hybridized carbons (Fsp3) is 0.429. The number of carbonyl (C=O) groups excluding carboxylic acids is 1. The minimum absolute atomic E-state index is 0.000892. The predicted molar refractivity (Wildman–Crippen MR) is 139 cm³/mol. The first-order chi connectivity index (χ1) is 17.4. The quantitative estimate of drug-likeness (QED) is 0.484. The Morgan fingerprint density at radius 1 is 1.25 bits per heavy atom. The summed E-state index contributed by atoms with van der Waals surface area (Å²) in [6.07, 6.45) is 5.05. The van der Waals surface area contributed by atoms with E-state index >= 15 is 0 Å². The number of hydrogen-bond donors (Lipinski definition) is 1. The average molecular weight is 487 g/mol. The minimum atomic E-state index is -0.258. The average Bonchev–Trinajstić information content (AvgIpc) is 3.32. The van der Waals surface area contributed by atoms with Crippen LogP contribution in [0.1, 0.15) is 65.2 Å². The molecule has 0 spiro atoms. The predicted octanol–water partition coefficient (Wildman–Crippen LogP) is 4.30. The third-order valence-electron chi connectivity index (χ3n) is 7.05. The highest BCUT2D eigenvalue weighted by molar-refractivity contribution is 5.99. The lowest BCUT2D eigenvalue weighted by Gasteiger charge is -2.34. The van der Waals surface area contributed by atoms with E-state index in [1.165, 1.54) is 6.20 Å². The smallest absolute Gasteiger partial charge is 0.254 e. The maximum atomic E-state index is 13.9. The number of likely N-dealkylation sites (N-methyl/N-ethyl adjacent to an activating group) is 1. The number of nitrogens with one attached hydrogen (secondary N) is 1. The second-order valence-electron chi connectivity index (χ2n) is 9.27. The fourth-order valence-electron chi connectivity index (χ4n) is 4.74. The molecule has 8 nitrogen and oxygen atoms in total. The Morgan fingerprint density at radius 3 is 2.69 bits per heavy atom. The zero-order chi connectivity index (χ0) is 25.8. The molecular formula is C28H34N6O2. The maximum Gasteiger partial charge on any atom is 0.254 e. The van der Waals surface area contributed by atoms with Crippen LogP contribution in [0.2, 0.25) is 0 Å². The largest absolute Gasteiger partial charge is 0.492 e. The molecule has 1 aliphatic heterocycles. The second kappa shape index (κ2) is 10.9. The highest BCUT2D eigenvalue weighted by Gasteiger charge is 2.32. The van der Waals surface area contributed by atoms with Crippen LogP contribution >= 0.6 is 0 Å². The van der Waals surface area contributed by atoms with Crippen LogP contribution in [0, 0.1) is 18.3 Å². The standard InChI is InChI=1S/C28H34N6O2/c1-6-33(5)10-8-20-12-23(25-17-31-32-18(25)3)22-9-11-34(28(35)24(22)13-20)19(4)26-14-27(36-7-2)21(15-29)16-30-26/h12-14,16-17,19H,6-11H2,1-5H3,(H,31,32)/t19-/m0/s1. The van der Waals surface area contributed by atoms with Crippen molar-refractivity contribution in [1.29, 1.82) is 5.26 Å². The van der Waals surface area contributed by atoms with E-state index in [0.717, 1.165) is 59.4 Å². The molecule has 36 heavy (non-hydrogen) atoms. The number of aromatic nitrogens is 3. The monoisotopic (exact) mass is 486 g/mol. The van der Waals surface area contributed by atoms with Crippen LogP contribution in [0.5, 0.6) is 5.75 Å². The topological polar surface area (TPSA) is 98.1 Å². The Kier molecular flexibility index (Phi) is 7.70. The van der Waals surface area contributed by atoms with Crippen molar-refractivity contribution in [2.75, 3.05) is 33.3 Å². The molecule has 0 unspecified atom stereocenters. The van der Waals surface area contributed by atoms with Gasteiger partial charge in [0.25, 0.3) is 5.91 Å². The number of H-pyrrole nitrogens is 1. The summed E-state index contributed by atoms with van der Waals surface area (Å²) in [6.45, 7) is 10.9. The summed E-state index contributed by atoms with van der Waals surface area (Å²) in [7, 11) is 2.11. The first kappa shape index (κ1) is 25.4. The molecule has 1 atom stereocenters. The summed E-state index contributed by atoms with van der Waals surface area (Å²) < 4.78 is 5.65. The maximum absolute atomic E-state index is 13.9. The van der Waals surface area contributed by atoms with Crippen molar-refractivity contribution in [1.82, 2.24) is 25.0 Å². The molecule has 0 radical (unpaired) electrons. The molecule has 8 heteroatoms. The van der Waals surface area contributed by atoms with Crippen LogP contribution in [0.3, 0.4) is 0 Å². The van der Waals surface area contributed by atoms with Crippen LogP contribution < -0.4 is 4.74 Å². The second-order valence-corrected chi connectivity index (χ2v) is 9.27. The zero-order valence-corrected chi connectivity index (χ0v) is 21.8. The van der Waals surface area contributed by atoms with Crippen LogP contribution in [0.15, 0.2) is 30.6 Å². The van der Waals surface area contributed by atoms with Gasteiger partial charge >= 0.3 is 0 Å². The van der Waals surface area contributed by atoms with Crippen LogP contribution in [0.25, 0.3) is 11.1 Å². The first-order valence-electron chi connectivity index (χ1n) is 12.6. The number of aromatic amines is 1. The lowest BCUT2D eigenvalue weighted by molar-refractivity contribution is 0.0669.